The third-order valence-corrected chi connectivity index (χ3v) is 4.72. The van der Waals surface area contributed by atoms with Crippen molar-refractivity contribution >= 4 is 22.2 Å². The molecule has 0 radical (unpaired) electrons. The molecule has 18 heavy (non-hydrogen) atoms. The normalized spacial score (nSPS) is 39.4. The van der Waals surface area contributed by atoms with Crippen LogP contribution in [0.3, 0.4) is 0 Å². The molecule has 0 bridgehead atoms. The number of aldehydes is 1. The van der Waals surface area contributed by atoms with Crippen LogP contribution in [0.15, 0.2) is 22.4 Å². The van der Waals surface area contributed by atoms with Gasteiger partial charge in [0.25, 0.3) is 0 Å². The number of hydrogen-bond donors (Lipinski definition) is 0. The topological polar surface area (TPSA) is 35.5 Å². The molecule has 98 valence electrons. The molecule has 3 rings (SSSR count). The zero-order valence-corrected chi connectivity index (χ0v) is 11.8. The molecular weight excluding hydrogens is 296 g/mol. The van der Waals surface area contributed by atoms with Crippen molar-refractivity contribution in [2.75, 3.05) is 13.2 Å². The molecule has 4 heteroatoms. The monoisotopic (exact) mass is 312 g/mol. The van der Waals surface area contributed by atoms with Gasteiger partial charge in [-0.05, 0) is 42.3 Å². The van der Waals surface area contributed by atoms with E-state index < -0.39 is 0 Å². The zero-order valence-electron chi connectivity index (χ0n) is 10.2. The summed E-state index contributed by atoms with van der Waals surface area (Å²) in [5.74, 6) is 1.22. The van der Waals surface area contributed by atoms with E-state index in [9.17, 15) is 4.79 Å². The fourth-order valence-corrected chi connectivity index (χ4v) is 3.70. The SMILES string of the molecule is O=CC1CC2(CCCOC2)OC2=CC=C(Br)CC21. The summed E-state index contributed by atoms with van der Waals surface area (Å²) in [5, 5.41) is 0. The van der Waals surface area contributed by atoms with E-state index in [2.05, 4.69) is 15.9 Å². The van der Waals surface area contributed by atoms with Gasteiger partial charge in [-0.15, -0.1) is 0 Å². The van der Waals surface area contributed by atoms with Gasteiger partial charge in [-0.2, -0.15) is 0 Å². The van der Waals surface area contributed by atoms with Crippen LogP contribution in [0.4, 0.5) is 0 Å². The summed E-state index contributed by atoms with van der Waals surface area (Å²) in [4.78, 5) is 11.4. The van der Waals surface area contributed by atoms with Gasteiger partial charge in [-0.3, -0.25) is 0 Å². The summed E-state index contributed by atoms with van der Waals surface area (Å²) in [6.07, 6.45) is 8.80. The van der Waals surface area contributed by atoms with Crippen molar-refractivity contribution in [1.82, 2.24) is 0 Å². The average molecular weight is 313 g/mol. The second-order valence-electron chi connectivity index (χ2n) is 5.44. The maximum absolute atomic E-state index is 11.4. The Kier molecular flexibility index (Phi) is 3.32. The minimum atomic E-state index is -0.260. The maximum Gasteiger partial charge on any atom is 0.132 e. The highest BCUT2D eigenvalue weighted by Crippen LogP contribution is 2.46. The van der Waals surface area contributed by atoms with Gasteiger partial charge in [0.05, 0.1) is 6.61 Å². The standard InChI is InChI=1S/C14H17BrO3/c15-11-2-3-13-12(6-11)10(8-16)7-14(18-13)4-1-5-17-9-14/h2-3,8,10,12H,1,4-7,9H2. The van der Waals surface area contributed by atoms with Crippen LogP contribution in [0.5, 0.6) is 0 Å². The number of ether oxygens (including phenoxy) is 2. The van der Waals surface area contributed by atoms with Crippen LogP contribution >= 0.6 is 15.9 Å². The molecule has 0 amide bonds. The van der Waals surface area contributed by atoms with E-state index in [0.717, 1.165) is 48.8 Å². The smallest absolute Gasteiger partial charge is 0.132 e. The molecule has 1 aliphatic carbocycles. The first-order chi connectivity index (χ1) is 8.72. The molecular formula is C14H17BrO3. The Labute approximate surface area is 115 Å². The number of fused-ring (bicyclic) bond motifs is 1. The lowest BCUT2D eigenvalue weighted by molar-refractivity contribution is -0.151. The summed E-state index contributed by atoms with van der Waals surface area (Å²) in [6, 6.07) is 0. The van der Waals surface area contributed by atoms with Crippen molar-refractivity contribution in [1.29, 1.82) is 0 Å². The van der Waals surface area contributed by atoms with E-state index in [4.69, 9.17) is 9.47 Å². The Morgan fingerprint density at radius 2 is 2.33 bits per heavy atom. The van der Waals surface area contributed by atoms with Crippen molar-refractivity contribution in [3.05, 3.63) is 22.4 Å². The van der Waals surface area contributed by atoms with Gasteiger partial charge in [-0.25, -0.2) is 0 Å². The van der Waals surface area contributed by atoms with Gasteiger partial charge in [0.15, 0.2) is 0 Å². The number of rotatable bonds is 1. The molecule has 0 N–H and O–H groups in total. The number of carbonyl (C=O) groups excluding carboxylic acids is 1. The summed E-state index contributed by atoms with van der Waals surface area (Å²) in [7, 11) is 0. The quantitative estimate of drug-likeness (QED) is 0.698. The lowest BCUT2D eigenvalue weighted by Gasteiger charge is -2.47. The minimum absolute atomic E-state index is 0.0490. The van der Waals surface area contributed by atoms with Crippen LogP contribution < -0.4 is 0 Å². The highest BCUT2D eigenvalue weighted by Gasteiger charge is 2.46. The van der Waals surface area contributed by atoms with Gasteiger partial charge in [0.2, 0.25) is 0 Å². The van der Waals surface area contributed by atoms with Gasteiger partial charge < -0.3 is 14.3 Å². The Morgan fingerprint density at radius 1 is 1.44 bits per heavy atom. The Hall–Kier alpha value is -0.610. The fourth-order valence-electron chi connectivity index (χ4n) is 3.22. The third kappa shape index (κ3) is 2.16. The predicted molar refractivity (Wildman–Crippen MR) is 71.2 cm³/mol. The molecule has 2 aliphatic heterocycles. The number of allylic oxidation sites excluding steroid dienone is 4. The Balaban J connectivity index is 1.88. The van der Waals surface area contributed by atoms with Crippen LogP contribution in [0.25, 0.3) is 0 Å². The third-order valence-electron chi connectivity index (χ3n) is 4.13. The second kappa shape index (κ2) is 4.82. The van der Waals surface area contributed by atoms with Crippen molar-refractivity contribution in [2.24, 2.45) is 11.8 Å². The molecule has 3 nitrogen and oxygen atoms in total. The Bertz CT molecular complexity index is 407. The molecule has 1 spiro atoms. The van der Waals surface area contributed by atoms with Crippen LogP contribution in [-0.2, 0) is 14.3 Å². The molecule has 0 aromatic rings. The van der Waals surface area contributed by atoms with Crippen molar-refractivity contribution in [2.45, 2.75) is 31.3 Å². The van der Waals surface area contributed by atoms with E-state index >= 15 is 0 Å². The van der Waals surface area contributed by atoms with Gasteiger partial charge >= 0.3 is 0 Å². The van der Waals surface area contributed by atoms with Crippen molar-refractivity contribution < 1.29 is 14.3 Å². The van der Waals surface area contributed by atoms with Crippen molar-refractivity contribution in [3.63, 3.8) is 0 Å². The van der Waals surface area contributed by atoms with Crippen LogP contribution in [0, 0.1) is 11.8 Å². The molecule has 2 saturated heterocycles. The lowest BCUT2D eigenvalue weighted by Crippen LogP contribution is -2.49. The number of hydrogen-bond acceptors (Lipinski definition) is 3. The van der Waals surface area contributed by atoms with E-state index in [1.54, 1.807) is 0 Å². The molecule has 2 heterocycles. The van der Waals surface area contributed by atoms with E-state index in [1.807, 2.05) is 12.2 Å². The molecule has 2 fully saturated rings. The fraction of sp³-hybridized carbons (Fsp3) is 0.643. The number of carbonyl (C=O) groups is 1. The first-order valence-corrected chi connectivity index (χ1v) is 7.30. The summed E-state index contributed by atoms with van der Waals surface area (Å²) in [6.45, 7) is 1.43. The van der Waals surface area contributed by atoms with E-state index in [0.29, 0.717) is 6.61 Å². The summed E-state index contributed by atoms with van der Waals surface area (Å²) >= 11 is 3.51. The van der Waals surface area contributed by atoms with Crippen molar-refractivity contribution in [3.8, 4) is 0 Å². The molecule has 0 saturated carbocycles. The average Bonchev–Trinajstić information content (AvgIpc) is 2.39. The molecule has 3 unspecified atom stereocenters. The van der Waals surface area contributed by atoms with Crippen LogP contribution in [-0.4, -0.2) is 25.1 Å². The summed E-state index contributed by atoms with van der Waals surface area (Å²) in [5.41, 5.74) is -0.260. The first-order valence-electron chi connectivity index (χ1n) is 6.51. The maximum atomic E-state index is 11.4. The first kappa shape index (κ1) is 12.4. The number of halogens is 1. The van der Waals surface area contributed by atoms with Gasteiger partial charge in [0.1, 0.15) is 17.6 Å². The molecule has 0 aromatic heterocycles. The second-order valence-corrected chi connectivity index (χ2v) is 6.46. The highest BCUT2D eigenvalue weighted by molar-refractivity contribution is 9.11. The molecule has 3 atom stereocenters. The highest BCUT2D eigenvalue weighted by atomic mass is 79.9. The molecule has 0 aromatic carbocycles. The van der Waals surface area contributed by atoms with E-state index in [-0.39, 0.29) is 17.4 Å². The Morgan fingerprint density at radius 3 is 3.06 bits per heavy atom. The summed E-state index contributed by atoms with van der Waals surface area (Å²) < 4.78 is 12.9. The molecule has 3 aliphatic rings. The van der Waals surface area contributed by atoms with E-state index in [1.165, 1.54) is 0 Å². The van der Waals surface area contributed by atoms with Gasteiger partial charge in [-0.1, -0.05) is 15.9 Å². The minimum Gasteiger partial charge on any atom is -0.489 e. The lowest BCUT2D eigenvalue weighted by atomic mass is 9.74. The van der Waals surface area contributed by atoms with Gasteiger partial charge in [0, 0.05) is 18.4 Å². The largest absolute Gasteiger partial charge is 0.489 e. The predicted octanol–water partition coefficient (Wildman–Crippen LogP) is 2.95. The zero-order chi connectivity index (χ0) is 12.6. The van der Waals surface area contributed by atoms with Crippen LogP contribution in [0.2, 0.25) is 0 Å². The van der Waals surface area contributed by atoms with Crippen LogP contribution in [0.1, 0.15) is 25.7 Å².